The first-order valence-electron chi connectivity index (χ1n) is 9.72. The van der Waals surface area contributed by atoms with Crippen LogP contribution in [0, 0.1) is 5.92 Å². The topological polar surface area (TPSA) is 71.1 Å². The summed E-state index contributed by atoms with van der Waals surface area (Å²) in [7, 11) is 1.62. The molecule has 0 heterocycles. The number of carbonyl (C=O) groups excluding carboxylic acids is 2. The van der Waals surface area contributed by atoms with E-state index in [1.807, 2.05) is 30.3 Å². The fourth-order valence-electron chi connectivity index (χ4n) is 3.13. The second-order valence-electron chi connectivity index (χ2n) is 7.45. The summed E-state index contributed by atoms with van der Waals surface area (Å²) >= 11 is 0. The van der Waals surface area contributed by atoms with E-state index in [0.29, 0.717) is 13.0 Å². The minimum absolute atomic E-state index is 0.0340. The zero-order valence-electron chi connectivity index (χ0n) is 17.9. The maximum Gasteiger partial charge on any atom is 0.303 e. The zero-order valence-corrected chi connectivity index (χ0v) is 17.9. The molecule has 6 nitrogen and oxygen atoms in total. The molecule has 0 fully saturated rings. The molecular formula is C22H34O6. The summed E-state index contributed by atoms with van der Waals surface area (Å²) < 4.78 is 22.6. The van der Waals surface area contributed by atoms with Gasteiger partial charge in [-0.15, -0.1) is 0 Å². The normalized spacial score (nSPS) is 16.5. The van der Waals surface area contributed by atoms with Gasteiger partial charge in [-0.2, -0.15) is 0 Å². The van der Waals surface area contributed by atoms with E-state index in [2.05, 4.69) is 13.8 Å². The van der Waals surface area contributed by atoms with Crippen molar-refractivity contribution in [3.8, 4) is 0 Å². The van der Waals surface area contributed by atoms with E-state index in [4.69, 9.17) is 18.9 Å². The molecule has 28 heavy (non-hydrogen) atoms. The average molecular weight is 395 g/mol. The predicted molar refractivity (Wildman–Crippen MR) is 107 cm³/mol. The Hall–Kier alpha value is -1.92. The van der Waals surface area contributed by atoms with Gasteiger partial charge in [-0.25, -0.2) is 0 Å². The van der Waals surface area contributed by atoms with Crippen LogP contribution in [0.4, 0.5) is 0 Å². The van der Waals surface area contributed by atoms with E-state index in [-0.39, 0.29) is 24.7 Å². The van der Waals surface area contributed by atoms with Crippen LogP contribution in [0.25, 0.3) is 0 Å². The van der Waals surface area contributed by atoms with Crippen molar-refractivity contribution in [3.05, 3.63) is 35.9 Å². The Morgan fingerprint density at radius 2 is 1.75 bits per heavy atom. The molecule has 4 atom stereocenters. The van der Waals surface area contributed by atoms with Crippen molar-refractivity contribution in [2.75, 3.05) is 13.7 Å². The third-order valence-electron chi connectivity index (χ3n) is 4.76. The molecule has 0 amide bonds. The molecule has 0 aliphatic heterocycles. The standard InChI is InChI=1S/C22H34O6/c1-7-16(2)21(26-14-19-11-9-8-10-12-19)20(25-6)13-22(5,28-18(4)24)15-27-17(3)23/h8-12,16,20-21H,7,13-15H2,1-6H3. The van der Waals surface area contributed by atoms with Gasteiger partial charge in [0.05, 0.1) is 18.8 Å². The van der Waals surface area contributed by atoms with Crippen LogP contribution in [0.3, 0.4) is 0 Å². The van der Waals surface area contributed by atoms with Gasteiger partial charge in [-0.1, -0.05) is 50.6 Å². The number of esters is 2. The van der Waals surface area contributed by atoms with E-state index in [1.165, 1.54) is 13.8 Å². The lowest BCUT2D eigenvalue weighted by Crippen LogP contribution is -2.46. The minimum Gasteiger partial charge on any atom is -0.462 e. The molecule has 0 aromatic heterocycles. The van der Waals surface area contributed by atoms with Gasteiger partial charge in [-0.05, 0) is 18.4 Å². The molecular weight excluding hydrogens is 360 g/mol. The molecule has 0 saturated carbocycles. The number of hydrogen-bond donors (Lipinski definition) is 0. The van der Waals surface area contributed by atoms with Crippen molar-refractivity contribution in [2.45, 2.75) is 71.9 Å². The maximum absolute atomic E-state index is 11.6. The van der Waals surface area contributed by atoms with Crippen LogP contribution in [0.5, 0.6) is 0 Å². The van der Waals surface area contributed by atoms with Crippen LogP contribution in [0.1, 0.15) is 53.0 Å². The molecule has 0 radical (unpaired) electrons. The highest BCUT2D eigenvalue weighted by Crippen LogP contribution is 2.28. The summed E-state index contributed by atoms with van der Waals surface area (Å²) in [4.78, 5) is 22.9. The molecule has 4 unspecified atom stereocenters. The monoisotopic (exact) mass is 394 g/mol. The Balaban J connectivity index is 2.95. The molecule has 0 aliphatic rings. The first kappa shape index (κ1) is 24.1. The van der Waals surface area contributed by atoms with Crippen LogP contribution >= 0.6 is 0 Å². The highest BCUT2D eigenvalue weighted by molar-refractivity contribution is 5.67. The molecule has 0 spiro atoms. The van der Waals surface area contributed by atoms with E-state index in [1.54, 1.807) is 14.0 Å². The van der Waals surface area contributed by atoms with Crippen molar-refractivity contribution in [2.24, 2.45) is 5.92 Å². The highest BCUT2D eigenvalue weighted by atomic mass is 16.6. The number of ether oxygens (including phenoxy) is 4. The molecule has 1 aromatic rings. The van der Waals surface area contributed by atoms with Crippen molar-refractivity contribution in [3.63, 3.8) is 0 Å². The van der Waals surface area contributed by atoms with Crippen molar-refractivity contribution in [1.82, 2.24) is 0 Å². The summed E-state index contributed by atoms with van der Waals surface area (Å²) in [6, 6.07) is 9.94. The summed E-state index contributed by atoms with van der Waals surface area (Å²) in [6.07, 6.45) is 0.717. The summed E-state index contributed by atoms with van der Waals surface area (Å²) in [6.45, 7) is 9.04. The minimum atomic E-state index is -1.00. The highest BCUT2D eigenvalue weighted by Gasteiger charge is 2.38. The Labute approximate surface area is 168 Å². The lowest BCUT2D eigenvalue weighted by atomic mass is 9.89. The Morgan fingerprint density at radius 3 is 2.25 bits per heavy atom. The average Bonchev–Trinajstić information content (AvgIpc) is 2.65. The van der Waals surface area contributed by atoms with Crippen molar-refractivity contribution >= 4 is 11.9 Å². The first-order valence-corrected chi connectivity index (χ1v) is 9.72. The second kappa shape index (κ2) is 11.8. The van der Waals surface area contributed by atoms with E-state index < -0.39 is 17.5 Å². The summed E-state index contributed by atoms with van der Waals surface area (Å²) in [5.74, 6) is -0.634. The molecule has 1 aromatic carbocycles. The van der Waals surface area contributed by atoms with Crippen LogP contribution in [-0.2, 0) is 35.1 Å². The second-order valence-corrected chi connectivity index (χ2v) is 7.45. The maximum atomic E-state index is 11.6. The third-order valence-corrected chi connectivity index (χ3v) is 4.76. The van der Waals surface area contributed by atoms with Crippen LogP contribution in [0.2, 0.25) is 0 Å². The van der Waals surface area contributed by atoms with Gasteiger partial charge in [0.1, 0.15) is 12.2 Å². The van der Waals surface area contributed by atoms with E-state index in [0.717, 1.165) is 12.0 Å². The number of benzene rings is 1. The van der Waals surface area contributed by atoms with Gasteiger partial charge in [-0.3, -0.25) is 9.59 Å². The van der Waals surface area contributed by atoms with Crippen LogP contribution in [0.15, 0.2) is 30.3 Å². The molecule has 6 heteroatoms. The SMILES string of the molecule is CCC(C)C(OCc1ccccc1)C(CC(C)(COC(C)=O)OC(C)=O)OC. The Bertz CT molecular complexity index is 602. The van der Waals surface area contributed by atoms with Crippen molar-refractivity contribution in [1.29, 1.82) is 0 Å². The Morgan fingerprint density at radius 1 is 1.11 bits per heavy atom. The van der Waals surface area contributed by atoms with Gasteiger partial charge in [0, 0.05) is 27.4 Å². The molecule has 0 N–H and O–H groups in total. The molecule has 0 aliphatic carbocycles. The van der Waals surface area contributed by atoms with Gasteiger partial charge in [0.15, 0.2) is 0 Å². The predicted octanol–water partition coefficient (Wildman–Crippen LogP) is 3.91. The molecule has 0 saturated heterocycles. The molecule has 1 rings (SSSR count). The fraction of sp³-hybridized carbons (Fsp3) is 0.636. The van der Waals surface area contributed by atoms with Gasteiger partial charge < -0.3 is 18.9 Å². The lowest BCUT2D eigenvalue weighted by molar-refractivity contribution is -0.178. The van der Waals surface area contributed by atoms with Crippen LogP contribution < -0.4 is 0 Å². The van der Waals surface area contributed by atoms with E-state index >= 15 is 0 Å². The first-order chi connectivity index (χ1) is 13.2. The largest absolute Gasteiger partial charge is 0.462 e. The number of carbonyl (C=O) groups is 2. The quantitative estimate of drug-likeness (QED) is 0.501. The third kappa shape index (κ3) is 8.40. The molecule has 0 bridgehead atoms. The number of rotatable bonds is 12. The Kier molecular flexibility index (Phi) is 10.2. The lowest BCUT2D eigenvalue weighted by Gasteiger charge is -2.37. The number of methoxy groups -OCH3 is 1. The number of hydrogen-bond acceptors (Lipinski definition) is 6. The van der Waals surface area contributed by atoms with Gasteiger partial charge in [0.25, 0.3) is 0 Å². The zero-order chi connectivity index (χ0) is 21.2. The van der Waals surface area contributed by atoms with Gasteiger partial charge >= 0.3 is 11.9 Å². The van der Waals surface area contributed by atoms with Crippen molar-refractivity contribution < 1.29 is 28.5 Å². The smallest absolute Gasteiger partial charge is 0.303 e. The summed E-state index contributed by atoms with van der Waals surface area (Å²) in [5, 5.41) is 0. The van der Waals surface area contributed by atoms with Crippen LogP contribution in [-0.4, -0.2) is 43.5 Å². The van der Waals surface area contributed by atoms with E-state index in [9.17, 15) is 9.59 Å². The van der Waals surface area contributed by atoms with Gasteiger partial charge in [0.2, 0.25) is 0 Å². The fourth-order valence-corrected chi connectivity index (χ4v) is 3.13. The summed E-state index contributed by atoms with van der Waals surface area (Å²) in [5.41, 5.74) is 0.0771. The molecule has 158 valence electrons.